The third kappa shape index (κ3) is 3.11. The van der Waals surface area contributed by atoms with Gasteiger partial charge in [0.25, 0.3) is 0 Å². The Morgan fingerprint density at radius 3 is 2.32 bits per heavy atom. The fraction of sp³-hybridized carbons (Fsp3) is 0.385. The number of halogens is 4. The fourth-order valence-corrected chi connectivity index (χ4v) is 1.62. The van der Waals surface area contributed by atoms with Gasteiger partial charge in [0, 0.05) is 0 Å². The Labute approximate surface area is 107 Å². The third-order valence-electron chi connectivity index (χ3n) is 2.66. The molecule has 0 saturated carbocycles. The largest absolute Gasteiger partial charge is 0.419 e. The lowest BCUT2D eigenvalue weighted by Gasteiger charge is -2.14. The smallest absolute Gasteiger partial charge is 0.293 e. The van der Waals surface area contributed by atoms with Crippen LogP contribution >= 0.6 is 0 Å². The van der Waals surface area contributed by atoms with Crippen LogP contribution in [0.15, 0.2) is 18.2 Å². The van der Waals surface area contributed by atoms with Crippen LogP contribution in [0.25, 0.3) is 0 Å². The second-order valence-electron chi connectivity index (χ2n) is 4.38. The number of carbonyl (C=O) groups excluding carboxylic acids is 1. The number of hydrogen-bond donors (Lipinski definition) is 0. The van der Waals surface area contributed by atoms with E-state index in [1.54, 1.807) is 19.9 Å². The molecule has 0 saturated heterocycles. The Bertz CT molecular complexity index is 528. The summed E-state index contributed by atoms with van der Waals surface area (Å²) in [5.74, 6) is -4.13. The van der Waals surface area contributed by atoms with Crippen molar-refractivity contribution in [2.75, 3.05) is 0 Å². The van der Waals surface area contributed by atoms with E-state index in [1.807, 2.05) is 0 Å². The van der Waals surface area contributed by atoms with Crippen LogP contribution in [-0.2, 0) is 6.18 Å². The van der Waals surface area contributed by atoms with Crippen LogP contribution in [0.3, 0.4) is 0 Å². The molecule has 1 atom stereocenters. The zero-order valence-electron chi connectivity index (χ0n) is 10.3. The SMILES string of the molecule is CC(C)C(C#N)C(=O)c1cccc(C(F)(F)F)c1F. The van der Waals surface area contributed by atoms with Crippen molar-refractivity contribution in [3.63, 3.8) is 0 Å². The van der Waals surface area contributed by atoms with Crippen LogP contribution in [0, 0.1) is 29.0 Å². The summed E-state index contributed by atoms with van der Waals surface area (Å²) in [6.45, 7) is 3.13. The first-order valence-electron chi connectivity index (χ1n) is 5.49. The number of nitrogens with zero attached hydrogens (tertiary/aromatic N) is 1. The van der Waals surface area contributed by atoms with Gasteiger partial charge in [0.15, 0.2) is 5.78 Å². The van der Waals surface area contributed by atoms with Crippen molar-refractivity contribution in [3.8, 4) is 6.07 Å². The number of Topliss-reactive ketones (excluding diaryl/α,β-unsaturated/α-hetero) is 1. The van der Waals surface area contributed by atoms with Gasteiger partial charge in [-0.1, -0.05) is 19.9 Å². The van der Waals surface area contributed by atoms with Crippen LogP contribution < -0.4 is 0 Å². The van der Waals surface area contributed by atoms with Crippen molar-refractivity contribution in [2.24, 2.45) is 11.8 Å². The van der Waals surface area contributed by atoms with E-state index in [9.17, 15) is 22.4 Å². The molecule has 0 aliphatic heterocycles. The van der Waals surface area contributed by atoms with Gasteiger partial charge in [-0.05, 0) is 18.1 Å². The van der Waals surface area contributed by atoms with Gasteiger partial charge < -0.3 is 0 Å². The molecule has 2 nitrogen and oxygen atoms in total. The Balaban J connectivity index is 3.31. The number of ketones is 1. The number of hydrogen-bond acceptors (Lipinski definition) is 2. The molecule has 1 aromatic rings. The molecule has 102 valence electrons. The first-order valence-corrected chi connectivity index (χ1v) is 5.49. The lowest BCUT2D eigenvalue weighted by atomic mass is 9.88. The van der Waals surface area contributed by atoms with Gasteiger partial charge in [0.1, 0.15) is 11.7 Å². The predicted molar refractivity (Wildman–Crippen MR) is 59.7 cm³/mol. The molecule has 0 N–H and O–H groups in total. The average molecular weight is 273 g/mol. The zero-order chi connectivity index (χ0) is 14.8. The first kappa shape index (κ1) is 15.2. The third-order valence-corrected chi connectivity index (χ3v) is 2.66. The summed E-state index contributed by atoms with van der Waals surface area (Å²) in [7, 11) is 0. The van der Waals surface area contributed by atoms with Gasteiger partial charge in [0.2, 0.25) is 0 Å². The maximum absolute atomic E-state index is 13.7. The van der Waals surface area contributed by atoms with E-state index in [2.05, 4.69) is 0 Å². The van der Waals surface area contributed by atoms with Crippen molar-refractivity contribution in [2.45, 2.75) is 20.0 Å². The molecular weight excluding hydrogens is 262 g/mol. The highest BCUT2D eigenvalue weighted by Gasteiger charge is 2.36. The van der Waals surface area contributed by atoms with Gasteiger partial charge >= 0.3 is 6.18 Å². The highest BCUT2D eigenvalue weighted by molar-refractivity contribution is 5.99. The monoisotopic (exact) mass is 273 g/mol. The number of alkyl halides is 3. The summed E-state index contributed by atoms with van der Waals surface area (Å²) in [5, 5.41) is 8.83. The Morgan fingerprint density at radius 2 is 1.89 bits per heavy atom. The molecule has 1 aromatic carbocycles. The first-order chi connectivity index (χ1) is 8.70. The molecule has 0 aliphatic carbocycles. The maximum atomic E-state index is 13.7. The zero-order valence-corrected chi connectivity index (χ0v) is 10.3. The molecule has 0 spiro atoms. The molecular formula is C13H11F4NO. The van der Waals surface area contributed by atoms with Gasteiger partial charge in [0.05, 0.1) is 17.2 Å². The number of carbonyl (C=O) groups is 1. The normalized spacial score (nSPS) is 13.2. The van der Waals surface area contributed by atoms with Crippen LogP contribution in [-0.4, -0.2) is 5.78 Å². The van der Waals surface area contributed by atoms with Gasteiger partial charge in [-0.15, -0.1) is 0 Å². The van der Waals surface area contributed by atoms with Crippen molar-refractivity contribution in [1.29, 1.82) is 5.26 Å². The van der Waals surface area contributed by atoms with E-state index in [1.165, 1.54) is 0 Å². The Kier molecular flexibility index (Phi) is 4.30. The maximum Gasteiger partial charge on any atom is 0.419 e. The van der Waals surface area contributed by atoms with Crippen molar-refractivity contribution in [1.82, 2.24) is 0 Å². The number of nitriles is 1. The Hall–Kier alpha value is -1.90. The molecule has 19 heavy (non-hydrogen) atoms. The second-order valence-corrected chi connectivity index (χ2v) is 4.38. The summed E-state index contributed by atoms with van der Waals surface area (Å²) in [6, 6.07) is 4.16. The standard InChI is InChI=1S/C13H11F4NO/c1-7(2)9(6-18)12(19)8-4-3-5-10(11(8)14)13(15,16)17/h3-5,7,9H,1-2H3. The molecule has 1 rings (SSSR count). The van der Waals surface area contributed by atoms with Crippen molar-refractivity contribution in [3.05, 3.63) is 35.1 Å². The summed E-state index contributed by atoms with van der Waals surface area (Å²) in [6.07, 6.45) is -4.87. The van der Waals surface area contributed by atoms with E-state index in [0.29, 0.717) is 6.07 Å². The summed E-state index contributed by atoms with van der Waals surface area (Å²) in [4.78, 5) is 11.9. The van der Waals surface area contributed by atoms with Crippen LogP contribution in [0.4, 0.5) is 17.6 Å². The molecule has 0 amide bonds. The van der Waals surface area contributed by atoms with E-state index < -0.39 is 40.7 Å². The van der Waals surface area contributed by atoms with Crippen molar-refractivity contribution < 1.29 is 22.4 Å². The van der Waals surface area contributed by atoms with Crippen molar-refractivity contribution >= 4 is 5.78 Å². The van der Waals surface area contributed by atoms with Gasteiger partial charge in [-0.2, -0.15) is 18.4 Å². The summed E-state index contributed by atoms with van der Waals surface area (Å²) in [5.41, 5.74) is -2.20. The van der Waals surface area contributed by atoms with Crippen LogP contribution in [0.1, 0.15) is 29.8 Å². The van der Waals surface area contributed by atoms with Gasteiger partial charge in [-0.3, -0.25) is 4.79 Å². The van der Waals surface area contributed by atoms with Crippen LogP contribution in [0.2, 0.25) is 0 Å². The minimum absolute atomic E-state index is 0.411. The molecule has 1 unspecified atom stereocenters. The molecule has 0 fully saturated rings. The highest BCUT2D eigenvalue weighted by atomic mass is 19.4. The minimum Gasteiger partial charge on any atom is -0.293 e. The lowest BCUT2D eigenvalue weighted by molar-refractivity contribution is -0.140. The second kappa shape index (κ2) is 5.39. The Morgan fingerprint density at radius 1 is 1.32 bits per heavy atom. The highest BCUT2D eigenvalue weighted by Crippen LogP contribution is 2.33. The summed E-state index contributed by atoms with van der Waals surface area (Å²) >= 11 is 0. The molecule has 0 radical (unpaired) electrons. The fourth-order valence-electron chi connectivity index (χ4n) is 1.62. The van der Waals surface area contributed by atoms with E-state index in [-0.39, 0.29) is 0 Å². The van der Waals surface area contributed by atoms with Gasteiger partial charge in [-0.25, -0.2) is 4.39 Å². The van der Waals surface area contributed by atoms with E-state index in [0.717, 1.165) is 12.1 Å². The molecule has 0 aliphatic rings. The average Bonchev–Trinajstić information content (AvgIpc) is 2.27. The molecule has 0 aromatic heterocycles. The minimum atomic E-state index is -4.87. The lowest BCUT2D eigenvalue weighted by Crippen LogP contribution is -2.21. The predicted octanol–water partition coefficient (Wildman–Crippen LogP) is 3.82. The van der Waals surface area contributed by atoms with E-state index in [4.69, 9.17) is 5.26 Å². The topological polar surface area (TPSA) is 40.9 Å². The quantitative estimate of drug-likeness (QED) is 0.620. The van der Waals surface area contributed by atoms with E-state index >= 15 is 0 Å². The summed E-state index contributed by atoms with van der Waals surface area (Å²) < 4.78 is 51.3. The van der Waals surface area contributed by atoms with Crippen LogP contribution in [0.5, 0.6) is 0 Å². The number of rotatable bonds is 3. The molecule has 6 heteroatoms. The number of benzene rings is 1. The molecule has 0 bridgehead atoms. The molecule has 0 heterocycles.